The fourth-order valence-corrected chi connectivity index (χ4v) is 3.37. The summed E-state index contributed by atoms with van der Waals surface area (Å²) in [7, 11) is 1.35. The number of aromatic nitrogens is 1. The lowest BCUT2D eigenvalue weighted by molar-refractivity contribution is 0.102. The van der Waals surface area contributed by atoms with E-state index in [1.54, 1.807) is 23.8 Å². The fraction of sp³-hybridized carbons (Fsp3) is 0.400. The summed E-state index contributed by atoms with van der Waals surface area (Å²) >= 11 is 0. The summed E-state index contributed by atoms with van der Waals surface area (Å²) in [4.78, 5) is 25.6. The number of piperidine rings is 1. The molecule has 1 amide bonds. The smallest absolute Gasteiger partial charge is 0.263 e. The van der Waals surface area contributed by atoms with Gasteiger partial charge in [0.05, 0.1) is 7.11 Å². The Bertz CT molecular complexity index is 889. The van der Waals surface area contributed by atoms with Gasteiger partial charge in [0.2, 0.25) is 0 Å². The van der Waals surface area contributed by atoms with Crippen molar-refractivity contribution in [1.82, 2.24) is 9.88 Å². The number of benzene rings is 1. The Hall–Kier alpha value is -2.67. The monoisotopic (exact) mass is 373 g/mol. The van der Waals surface area contributed by atoms with Crippen LogP contribution in [0.1, 0.15) is 28.8 Å². The van der Waals surface area contributed by atoms with E-state index in [2.05, 4.69) is 10.6 Å². The lowest BCUT2D eigenvalue weighted by Gasteiger charge is -2.23. The van der Waals surface area contributed by atoms with Crippen molar-refractivity contribution in [3.05, 3.63) is 57.8 Å². The predicted molar refractivity (Wildman–Crippen MR) is 102 cm³/mol. The molecule has 27 heavy (non-hydrogen) atoms. The van der Waals surface area contributed by atoms with E-state index in [9.17, 15) is 14.0 Å². The van der Waals surface area contributed by atoms with E-state index in [1.807, 2.05) is 0 Å². The van der Waals surface area contributed by atoms with Crippen LogP contribution in [0.5, 0.6) is 5.75 Å². The average molecular weight is 373 g/mol. The number of rotatable bonds is 5. The van der Waals surface area contributed by atoms with Crippen molar-refractivity contribution in [2.24, 2.45) is 5.92 Å². The molecular weight excluding hydrogens is 349 g/mol. The first-order chi connectivity index (χ1) is 13.0. The molecule has 1 fully saturated rings. The standard InChI is InChI=1S/C20H24FN3O3/c1-13-7-9-24(12-14-4-3-8-22-11-14)20(26)18(13)19(25)23-15-5-6-16(21)17(10-15)27-2/h5-7,9-10,14,22H,3-4,8,11-12H2,1-2H3,(H,23,25). The number of pyridine rings is 1. The van der Waals surface area contributed by atoms with Crippen molar-refractivity contribution in [3.63, 3.8) is 0 Å². The zero-order chi connectivity index (χ0) is 19.4. The third kappa shape index (κ3) is 4.36. The van der Waals surface area contributed by atoms with Crippen molar-refractivity contribution < 1.29 is 13.9 Å². The van der Waals surface area contributed by atoms with Gasteiger partial charge in [-0.2, -0.15) is 0 Å². The largest absolute Gasteiger partial charge is 0.494 e. The highest BCUT2D eigenvalue weighted by molar-refractivity contribution is 6.05. The van der Waals surface area contributed by atoms with E-state index in [0.717, 1.165) is 25.9 Å². The minimum Gasteiger partial charge on any atom is -0.494 e. The second-order valence-electron chi connectivity index (χ2n) is 6.85. The van der Waals surface area contributed by atoms with E-state index in [0.29, 0.717) is 23.7 Å². The maximum Gasteiger partial charge on any atom is 0.263 e. The number of hydrogen-bond acceptors (Lipinski definition) is 4. The molecule has 2 aromatic rings. The lowest BCUT2D eigenvalue weighted by Crippen LogP contribution is -2.36. The maximum absolute atomic E-state index is 13.5. The van der Waals surface area contributed by atoms with Crippen LogP contribution >= 0.6 is 0 Å². The molecule has 1 aliphatic heterocycles. The van der Waals surface area contributed by atoms with E-state index in [1.165, 1.54) is 25.3 Å². The summed E-state index contributed by atoms with van der Waals surface area (Å²) in [5.41, 5.74) is 0.755. The SMILES string of the molecule is COc1cc(NC(=O)c2c(C)ccn(CC3CCCNC3)c2=O)ccc1F. The molecule has 2 N–H and O–H groups in total. The fourth-order valence-electron chi connectivity index (χ4n) is 3.37. The quantitative estimate of drug-likeness (QED) is 0.845. The number of nitrogens with one attached hydrogen (secondary N) is 2. The number of carbonyl (C=O) groups excluding carboxylic acids is 1. The van der Waals surface area contributed by atoms with Gasteiger partial charge in [0.15, 0.2) is 11.6 Å². The molecule has 7 heteroatoms. The first-order valence-electron chi connectivity index (χ1n) is 9.05. The van der Waals surface area contributed by atoms with Crippen LogP contribution in [-0.2, 0) is 6.54 Å². The summed E-state index contributed by atoms with van der Waals surface area (Å²) < 4.78 is 20.1. The highest BCUT2D eigenvalue weighted by Gasteiger charge is 2.19. The van der Waals surface area contributed by atoms with E-state index in [-0.39, 0.29) is 16.9 Å². The Morgan fingerprint density at radius 1 is 1.41 bits per heavy atom. The molecule has 1 aromatic heterocycles. The second-order valence-corrected chi connectivity index (χ2v) is 6.85. The molecule has 1 unspecified atom stereocenters. The van der Waals surface area contributed by atoms with Gasteiger partial charge >= 0.3 is 0 Å². The summed E-state index contributed by atoms with van der Waals surface area (Å²) in [5, 5.41) is 6.00. The van der Waals surface area contributed by atoms with Crippen molar-refractivity contribution in [1.29, 1.82) is 0 Å². The van der Waals surface area contributed by atoms with Crippen LogP contribution in [0.3, 0.4) is 0 Å². The van der Waals surface area contributed by atoms with Gasteiger partial charge in [0.1, 0.15) is 5.56 Å². The van der Waals surface area contributed by atoms with E-state index >= 15 is 0 Å². The van der Waals surface area contributed by atoms with Gasteiger partial charge in [0, 0.05) is 24.5 Å². The third-order valence-electron chi connectivity index (χ3n) is 4.86. The summed E-state index contributed by atoms with van der Waals surface area (Å²) in [6.07, 6.45) is 3.89. The zero-order valence-electron chi connectivity index (χ0n) is 15.5. The number of hydrogen-bond donors (Lipinski definition) is 2. The molecule has 2 heterocycles. The average Bonchev–Trinajstić information content (AvgIpc) is 2.66. The zero-order valence-corrected chi connectivity index (χ0v) is 15.5. The van der Waals surface area contributed by atoms with Crippen LogP contribution in [0.2, 0.25) is 0 Å². The first kappa shape index (κ1) is 19.1. The van der Waals surface area contributed by atoms with Crippen LogP contribution in [0.15, 0.2) is 35.3 Å². The van der Waals surface area contributed by atoms with Crippen molar-refractivity contribution in [2.75, 3.05) is 25.5 Å². The van der Waals surface area contributed by atoms with Crippen LogP contribution in [-0.4, -0.2) is 30.7 Å². The van der Waals surface area contributed by atoms with Crippen LogP contribution < -0.4 is 20.9 Å². The van der Waals surface area contributed by atoms with Gasteiger partial charge in [-0.1, -0.05) is 0 Å². The number of amides is 1. The number of halogens is 1. The molecule has 0 saturated carbocycles. The second kappa shape index (κ2) is 8.35. The van der Waals surface area contributed by atoms with Gasteiger partial charge < -0.3 is 19.9 Å². The molecule has 1 aliphatic rings. The first-order valence-corrected chi connectivity index (χ1v) is 9.05. The Balaban J connectivity index is 1.83. The minimum absolute atomic E-state index is 0.0276. The molecule has 0 aliphatic carbocycles. The van der Waals surface area contributed by atoms with Gasteiger partial charge in [0.25, 0.3) is 11.5 Å². The Kier molecular flexibility index (Phi) is 5.91. The summed E-state index contributed by atoms with van der Waals surface area (Å²) in [6.45, 7) is 4.19. The van der Waals surface area contributed by atoms with Crippen molar-refractivity contribution in [2.45, 2.75) is 26.3 Å². The highest BCUT2D eigenvalue weighted by Crippen LogP contribution is 2.22. The Labute approximate surface area is 157 Å². The van der Waals surface area contributed by atoms with E-state index < -0.39 is 11.7 Å². The molecule has 0 radical (unpaired) electrons. The van der Waals surface area contributed by atoms with Crippen molar-refractivity contribution >= 4 is 11.6 Å². The van der Waals surface area contributed by atoms with Gasteiger partial charge in [-0.15, -0.1) is 0 Å². The van der Waals surface area contributed by atoms with Crippen LogP contribution in [0.25, 0.3) is 0 Å². The summed E-state index contributed by atoms with van der Waals surface area (Å²) in [6, 6.07) is 5.80. The maximum atomic E-state index is 13.5. The molecular formula is C20H24FN3O3. The molecule has 144 valence electrons. The number of ether oxygens (including phenoxy) is 1. The molecule has 1 saturated heterocycles. The number of carbonyl (C=O) groups is 1. The Morgan fingerprint density at radius 2 is 2.22 bits per heavy atom. The topological polar surface area (TPSA) is 72.4 Å². The van der Waals surface area contributed by atoms with Crippen LogP contribution in [0, 0.1) is 18.7 Å². The molecule has 1 aromatic carbocycles. The van der Waals surface area contributed by atoms with Gasteiger partial charge in [-0.25, -0.2) is 4.39 Å². The molecule has 6 nitrogen and oxygen atoms in total. The highest BCUT2D eigenvalue weighted by atomic mass is 19.1. The normalized spacial score (nSPS) is 16.8. The molecule has 0 bridgehead atoms. The predicted octanol–water partition coefficient (Wildman–Crippen LogP) is 2.56. The number of aryl methyl sites for hydroxylation is 1. The molecule has 3 rings (SSSR count). The van der Waals surface area contributed by atoms with Crippen molar-refractivity contribution in [3.8, 4) is 5.75 Å². The number of anilines is 1. The minimum atomic E-state index is -0.519. The summed E-state index contributed by atoms with van der Waals surface area (Å²) in [5.74, 6) is -0.631. The molecule has 0 spiro atoms. The number of nitrogens with zero attached hydrogens (tertiary/aromatic N) is 1. The van der Waals surface area contributed by atoms with E-state index in [4.69, 9.17) is 4.74 Å². The third-order valence-corrected chi connectivity index (χ3v) is 4.86. The molecule has 1 atom stereocenters. The van der Waals surface area contributed by atoms with Gasteiger partial charge in [-0.05, 0) is 62.5 Å². The van der Waals surface area contributed by atoms with Gasteiger partial charge in [-0.3, -0.25) is 9.59 Å². The van der Waals surface area contributed by atoms with Crippen LogP contribution in [0.4, 0.5) is 10.1 Å². The lowest BCUT2D eigenvalue weighted by atomic mass is 9.99. The Morgan fingerprint density at radius 3 is 2.93 bits per heavy atom. The number of methoxy groups -OCH3 is 1.